The van der Waals surface area contributed by atoms with Gasteiger partial charge in [0.1, 0.15) is 0 Å². The van der Waals surface area contributed by atoms with Gasteiger partial charge in [-0.15, -0.1) is 0 Å². The molecular weight excluding hydrogens is 228 g/mol. The first kappa shape index (κ1) is 12.7. The van der Waals surface area contributed by atoms with Gasteiger partial charge in [0, 0.05) is 23.8 Å². The van der Waals surface area contributed by atoms with Gasteiger partial charge in [-0.3, -0.25) is 9.79 Å². The van der Waals surface area contributed by atoms with Crippen molar-refractivity contribution in [2.45, 2.75) is 6.04 Å². The number of carbonyl (C=O) groups excluding carboxylic acids is 1. The Hall–Kier alpha value is -1.39. The van der Waals surface area contributed by atoms with E-state index in [9.17, 15) is 4.79 Å². The monoisotopic (exact) mass is 240 g/mol. The number of benzene rings is 1. The number of aliphatic imine (C=N–C) groups is 1. The Morgan fingerprint density at radius 1 is 1.62 bits per heavy atom. The highest BCUT2D eigenvalue weighted by atomic mass is 35.5. The van der Waals surface area contributed by atoms with Crippen LogP contribution >= 0.6 is 11.6 Å². The second-order valence-corrected chi connectivity index (χ2v) is 3.52. The minimum absolute atomic E-state index is 0.328. The molecule has 0 aliphatic carbocycles. The quantitative estimate of drug-likeness (QED) is 0.767. The van der Waals surface area contributed by atoms with Crippen LogP contribution in [-0.2, 0) is 4.79 Å². The second-order valence-electron chi connectivity index (χ2n) is 3.11. The van der Waals surface area contributed by atoms with Gasteiger partial charge in [0.15, 0.2) is 6.04 Å². The van der Waals surface area contributed by atoms with Crippen molar-refractivity contribution in [1.29, 1.82) is 0 Å². The van der Waals surface area contributed by atoms with E-state index in [1.165, 1.54) is 13.3 Å². The van der Waals surface area contributed by atoms with E-state index >= 15 is 0 Å². The van der Waals surface area contributed by atoms with E-state index in [0.717, 1.165) is 0 Å². The lowest BCUT2D eigenvalue weighted by atomic mass is 10.2. The predicted molar refractivity (Wildman–Crippen MR) is 64.0 cm³/mol. The molecule has 0 aliphatic heterocycles. The molecule has 0 unspecified atom stereocenters. The molecule has 0 radical (unpaired) electrons. The second kappa shape index (κ2) is 6.25. The SMILES string of the molecule is CNC(=O)[C@H](CO)N=Cc1ccccc1Cl. The number of halogens is 1. The van der Waals surface area contributed by atoms with Gasteiger partial charge in [0.25, 0.3) is 0 Å². The maximum Gasteiger partial charge on any atom is 0.246 e. The Bertz CT molecular complexity index is 393. The largest absolute Gasteiger partial charge is 0.394 e. The minimum atomic E-state index is -0.790. The van der Waals surface area contributed by atoms with Crippen LogP contribution in [0.1, 0.15) is 5.56 Å². The summed E-state index contributed by atoms with van der Waals surface area (Å²) in [4.78, 5) is 15.2. The van der Waals surface area contributed by atoms with Gasteiger partial charge in [-0.1, -0.05) is 29.8 Å². The molecule has 4 nitrogen and oxygen atoms in total. The van der Waals surface area contributed by atoms with Crippen LogP contribution in [0.15, 0.2) is 29.3 Å². The van der Waals surface area contributed by atoms with Crippen LogP contribution in [0, 0.1) is 0 Å². The molecule has 1 aromatic carbocycles. The number of aliphatic hydroxyl groups excluding tert-OH is 1. The van der Waals surface area contributed by atoms with E-state index in [2.05, 4.69) is 10.3 Å². The van der Waals surface area contributed by atoms with Gasteiger partial charge in [-0.25, -0.2) is 0 Å². The topological polar surface area (TPSA) is 61.7 Å². The highest BCUT2D eigenvalue weighted by Gasteiger charge is 2.13. The van der Waals surface area contributed by atoms with Crippen molar-refractivity contribution in [2.75, 3.05) is 13.7 Å². The van der Waals surface area contributed by atoms with Crippen molar-refractivity contribution in [1.82, 2.24) is 5.32 Å². The third kappa shape index (κ3) is 3.32. The molecular formula is C11H13ClN2O2. The van der Waals surface area contributed by atoms with Crippen LogP contribution in [0.5, 0.6) is 0 Å². The van der Waals surface area contributed by atoms with Crippen molar-refractivity contribution in [3.8, 4) is 0 Å². The van der Waals surface area contributed by atoms with Gasteiger partial charge < -0.3 is 10.4 Å². The first-order valence-electron chi connectivity index (χ1n) is 4.79. The number of hydrogen-bond donors (Lipinski definition) is 2. The summed E-state index contributed by atoms with van der Waals surface area (Å²) in [6.07, 6.45) is 1.48. The number of amides is 1. The molecule has 0 saturated carbocycles. The molecule has 0 aromatic heterocycles. The Labute approximate surface area is 99.0 Å². The highest BCUT2D eigenvalue weighted by Crippen LogP contribution is 2.12. The van der Waals surface area contributed by atoms with Gasteiger partial charge >= 0.3 is 0 Å². The Balaban J connectivity index is 2.79. The molecule has 1 atom stereocenters. The molecule has 0 saturated heterocycles. The number of likely N-dealkylation sites (N-methyl/N-ethyl adjacent to an activating group) is 1. The number of nitrogens with zero attached hydrogens (tertiary/aromatic N) is 1. The van der Waals surface area contributed by atoms with E-state index < -0.39 is 6.04 Å². The fourth-order valence-electron chi connectivity index (χ4n) is 1.11. The van der Waals surface area contributed by atoms with Gasteiger partial charge in [0.2, 0.25) is 5.91 Å². The highest BCUT2D eigenvalue weighted by molar-refractivity contribution is 6.33. The van der Waals surface area contributed by atoms with Crippen LogP contribution in [-0.4, -0.2) is 36.9 Å². The molecule has 0 bridgehead atoms. The smallest absolute Gasteiger partial charge is 0.246 e. The van der Waals surface area contributed by atoms with Crippen molar-refractivity contribution >= 4 is 23.7 Å². The summed E-state index contributed by atoms with van der Waals surface area (Å²) in [6, 6.07) is 6.35. The van der Waals surface area contributed by atoms with Gasteiger partial charge in [0.05, 0.1) is 6.61 Å². The third-order valence-corrected chi connectivity index (χ3v) is 2.36. The van der Waals surface area contributed by atoms with Crippen LogP contribution in [0.3, 0.4) is 0 Å². The summed E-state index contributed by atoms with van der Waals surface area (Å²) >= 11 is 5.91. The first-order valence-corrected chi connectivity index (χ1v) is 5.17. The molecule has 5 heteroatoms. The molecule has 0 fully saturated rings. The first-order chi connectivity index (χ1) is 7.69. The summed E-state index contributed by atoms with van der Waals surface area (Å²) < 4.78 is 0. The summed E-state index contributed by atoms with van der Waals surface area (Å²) in [5.41, 5.74) is 0.714. The third-order valence-electron chi connectivity index (χ3n) is 2.02. The van der Waals surface area contributed by atoms with Crippen molar-refractivity contribution < 1.29 is 9.90 Å². The molecule has 2 N–H and O–H groups in total. The Kier molecular flexibility index (Phi) is 4.95. The average Bonchev–Trinajstić information content (AvgIpc) is 2.31. The molecule has 86 valence electrons. The molecule has 1 rings (SSSR count). The zero-order chi connectivity index (χ0) is 12.0. The van der Waals surface area contributed by atoms with Gasteiger partial charge in [-0.2, -0.15) is 0 Å². The molecule has 16 heavy (non-hydrogen) atoms. The summed E-state index contributed by atoms with van der Waals surface area (Å²) in [7, 11) is 1.50. The van der Waals surface area contributed by atoms with Crippen LogP contribution in [0.2, 0.25) is 5.02 Å². The van der Waals surface area contributed by atoms with E-state index in [1.54, 1.807) is 12.1 Å². The van der Waals surface area contributed by atoms with Crippen molar-refractivity contribution in [3.05, 3.63) is 34.9 Å². The van der Waals surface area contributed by atoms with Crippen molar-refractivity contribution in [3.63, 3.8) is 0 Å². The number of aliphatic hydroxyl groups is 1. The van der Waals surface area contributed by atoms with Crippen molar-refractivity contribution in [2.24, 2.45) is 4.99 Å². The molecule has 0 aliphatic rings. The Morgan fingerprint density at radius 3 is 2.88 bits per heavy atom. The summed E-state index contributed by atoms with van der Waals surface area (Å²) in [5.74, 6) is -0.328. The van der Waals surface area contributed by atoms with Crippen LogP contribution < -0.4 is 5.32 Å². The predicted octanol–water partition coefficient (Wildman–Crippen LogP) is 0.866. The normalized spacial score (nSPS) is 12.7. The molecule has 1 amide bonds. The van der Waals surface area contributed by atoms with E-state index in [1.807, 2.05) is 12.1 Å². The lowest BCUT2D eigenvalue weighted by Gasteiger charge is -2.06. The zero-order valence-corrected chi connectivity index (χ0v) is 9.61. The van der Waals surface area contributed by atoms with E-state index in [0.29, 0.717) is 10.6 Å². The lowest BCUT2D eigenvalue weighted by Crippen LogP contribution is -2.33. The Morgan fingerprint density at radius 2 is 2.31 bits per heavy atom. The van der Waals surface area contributed by atoms with E-state index in [-0.39, 0.29) is 12.5 Å². The molecule has 0 spiro atoms. The van der Waals surface area contributed by atoms with E-state index in [4.69, 9.17) is 16.7 Å². The summed E-state index contributed by atoms with van der Waals surface area (Å²) in [6.45, 7) is -0.333. The van der Waals surface area contributed by atoms with Crippen LogP contribution in [0.25, 0.3) is 0 Å². The molecule has 0 heterocycles. The lowest BCUT2D eigenvalue weighted by molar-refractivity contribution is -0.122. The number of rotatable bonds is 4. The maximum absolute atomic E-state index is 11.2. The number of carbonyl (C=O) groups is 1. The fourth-order valence-corrected chi connectivity index (χ4v) is 1.30. The number of hydrogen-bond acceptors (Lipinski definition) is 3. The average molecular weight is 241 g/mol. The zero-order valence-electron chi connectivity index (χ0n) is 8.85. The number of nitrogens with one attached hydrogen (secondary N) is 1. The van der Waals surface area contributed by atoms with Gasteiger partial charge in [-0.05, 0) is 6.07 Å². The molecule has 1 aromatic rings. The standard InChI is InChI=1S/C11H13ClN2O2/c1-13-11(16)10(7-15)14-6-8-4-2-3-5-9(8)12/h2-6,10,15H,7H2,1H3,(H,13,16)/t10-/m0/s1. The fraction of sp³-hybridized carbons (Fsp3) is 0.273. The minimum Gasteiger partial charge on any atom is -0.394 e. The maximum atomic E-state index is 11.2. The van der Waals surface area contributed by atoms with Crippen LogP contribution in [0.4, 0.5) is 0 Å². The summed E-state index contributed by atoms with van der Waals surface area (Å²) in [5, 5.41) is 11.9.